The maximum absolute atomic E-state index is 3.96. The number of benzene rings is 1. The van der Waals surface area contributed by atoms with Gasteiger partial charge in [0.1, 0.15) is 0 Å². The van der Waals surface area contributed by atoms with E-state index in [1.54, 1.807) is 6.33 Å². The van der Waals surface area contributed by atoms with Gasteiger partial charge in [-0.2, -0.15) is 0 Å². The Morgan fingerprint density at radius 3 is 2.93 bits per heavy atom. The predicted molar refractivity (Wildman–Crippen MR) is 64.8 cm³/mol. The van der Waals surface area contributed by atoms with Crippen LogP contribution in [0.2, 0.25) is 0 Å². The van der Waals surface area contributed by atoms with Gasteiger partial charge in [-0.3, -0.25) is 0 Å². The van der Waals surface area contributed by atoms with E-state index in [9.17, 15) is 0 Å². The summed E-state index contributed by atoms with van der Waals surface area (Å²) in [6, 6.07) is 6.26. The van der Waals surface area contributed by atoms with Crippen LogP contribution in [0, 0.1) is 6.92 Å². The number of H-pyrrole nitrogens is 1. The molecule has 15 heavy (non-hydrogen) atoms. The third-order valence-electron chi connectivity index (χ3n) is 2.08. The Morgan fingerprint density at radius 1 is 1.40 bits per heavy atom. The first-order valence-corrected chi connectivity index (χ1v) is 5.51. The summed E-state index contributed by atoms with van der Waals surface area (Å²) in [5.74, 6) is 0. The molecule has 1 heterocycles. The molecule has 0 unspecified atom stereocenters. The van der Waals surface area contributed by atoms with Crippen molar-refractivity contribution in [1.29, 1.82) is 0 Å². The van der Waals surface area contributed by atoms with Crippen LogP contribution >= 0.6 is 15.9 Å². The number of aryl methyl sites for hydroxylation is 1. The Labute approximate surface area is 97.1 Å². The van der Waals surface area contributed by atoms with Gasteiger partial charge in [0.05, 0.1) is 18.6 Å². The van der Waals surface area contributed by atoms with Crippen molar-refractivity contribution in [1.82, 2.24) is 9.97 Å². The van der Waals surface area contributed by atoms with E-state index in [0.29, 0.717) is 0 Å². The molecule has 0 amide bonds. The van der Waals surface area contributed by atoms with Crippen LogP contribution in [-0.4, -0.2) is 9.97 Å². The van der Waals surface area contributed by atoms with Gasteiger partial charge < -0.3 is 10.3 Å². The zero-order chi connectivity index (χ0) is 10.7. The molecular weight excluding hydrogens is 254 g/mol. The van der Waals surface area contributed by atoms with Crippen LogP contribution in [0.15, 0.2) is 35.2 Å². The number of hydrogen-bond donors (Lipinski definition) is 2. The summed E-state index contributed by atoms with van der Waals surface area (Å²) in [7, 11) is 0. The van der Waals surface area contributed by atoms with Crippen molar-refractivity contribution in [3.05, 3.63) is 46.5 Å². The Morgan fingerprint density at radius 2 is 2.27 bits per heavy atom. The summed E-state index contributed by atoms with van der Waals surface area (Å²) in [5.41, 5.74) is 3.42. The van der Waals surface area contributed by atoms with Crippen molar-refractivity contribution in [2.24, 2.45) is 0 Å². The van der Waals surface area contributed by atoms with Gasteiger partial charge in [-0.25, -0.2) is 4.98 Å². The molecule has 0 aliphatic carbocycles. The number of aromatic amines is 1. The van der Waals surface area contributed by atoms with Gasteiger partial charge in [-0.15, -0.1) is 0 Å². The zero-order valence-electron chi connectivity index (χ0n) is 8.42. The van der Waals surface area contributed by atoms with Crippen molar-refractivity contribution in [2.45, 2.75) is 13.5 Å². The lowest BCUT2D eigenvalue weighted by molar-refractivity contribution is 1.07. The quantitative estimate of drug-likeness (QED) is 0.896. The van der Waals surface area contributed by atoms with Gasteiger partial charge in [-0.05, 0) is 30.7 Å². The van der Waals surface area contributed by atoms with Crippen molar-refractivity contribution in [3.63, 3.8) is 0 Å². The molecule has 78 valence electrons. The fourth-order valence-corrected chi connectivity index (χ4v) is 2.02. The molecule has 0 bridgehead atoms. The van der Waals surface area contributed by atoms with Gasteiger partial charge in [-0.1, -0.05) is 15.9 Å². The molecule has 0 aliphatic heterocycles. The number of rotatable bonds is 3. The number of anilines is 1. The molecule has 0 fully saturated rings. The zero-order valence-corrected chi connectivity index (χ0v) is 10.0. The van der Waals surface area contributed by atoms with E-state index in [4.69, 9.17) is 0 Å². The number of halogens is 1. The van der Waals surface area contributed by atoms with E-state index >= 15 is 0 Å². The summed E-state index contributed by atoms with van der Waals surface area (Å²) >= 11 is 3.47. The maximum Gasteiger partial charge on any atom is 0.0922 e. The molecule has 2 N–H and O–H groups in total. The first-order chi connectivity index (χ1) is 7.24. The van der Waals surface area contributed by atoms with Crippen LogP contribution in [0.5, 0.6) is 0 Å². The molecule has 0 spiro atoms. The molecule has 1 aromatic carbocycles. The van der Waals surface area contributed by atoms with E-state index in [-0.39, 0.29) is 0 Å². The Bertz CT molecular complexity index is 417. The van der Waals surface area contributed by atoms with Crippen molar-refractivity contribution < 1.29 is 0 Å². The number of imidazole rings is 1. The third-order valence-corrected chi connectivity index (χ3v) is 2.54. The van der Waals surface area contributed by atoms with E-state index < -0.39 is 0 Å². The molecule has 0 aliphatic rings. The van der Waals surface area contributed by atoms with Crippen LogP contribution in [-0.2, 0) is 6.54 Å². The molecule has 0 saturated heterocycles. The fourth-order valence-electron chi connectivity index (χ4n) is 1.42. The Hall–Kier alpha value is -1.29. The third kappa shape index (κ3) is 2.83. The topological polar surface area (TPSA) is 40.7 Å². The van der Waals surface area contributed by atoms with Crippen molar-refractivity contribution in [2.75, 3.05) is 5.32 Å². The van der Waals surface area contributed by atoms with Crippen LogP contribution in [0.4, 0.5) is 5.69 Å². The average molecular weight is 266 g/mol. The molecule has 0 saturated carbocycles. The molecular formula is C11H12BrN3. The van der Waals surface area contributed by atoms with E-state index in [2.05, 4.69) is 56.3 Å². The molecule has 1 aromatic heterocycles. The first-order valence-electron chi connectivity index (χ1n) is 4.72. The van der Waals surface area contributed by atoms with E-state index in [1.165, 1.54) is 5.56 Å². The number of aromatic nitrogens is 2. The summed E-state index contributed by atoms with van der Waals surface area (Å²) < 4.78 is 1.09. The van der Waals surface area contributed by atoms with Gasteiger partial charge >= 0.3 is 0 Å². The van der Waals surface area contributed by atoms with Gasteiger partial charge in [0.25, 0.3) is 0 Å². The molecule has 4 heteroatoms. The molecule has 3 nitrogen and oxygen atoms in total. The minimum Gasteiger partial charge on any atom is -0.379 e. The van der Waals surface area contributed by atoms with E-state index in [0.717, 1.165) is 22.4 Å². The second-order valence-electron chi connectivity index (χ2n) is 3.45. The normalized spacial score (nSPS) is 10.3. The highest BCUT2D eigenvalue weighted by molar-refractivity contribution is 9.10. The highest BCUT2D eigenvalue weighted by atomic mass is 79.9. The Balaban J connectivity index is 2.05. The number of nitrogens with one attached hydrogen (secondary N) is 2. The molecule has 2 aromatic rings. The smallest absolute Gasteiger partial charge is 0.0922 e. The van der Waals surface area contributed by atoms with Gasteiger partial charge in [0, 0.05) is 16.4 Å². The average Bonchev–Trinajstić information content (AvgIpc) is 2.65. The summed E-state index contributed by atoms with van der Waals surface area (Å²) in [6.45, 7) is 2.84. The lowest BCUT2D eigenvalue weighted by atomic mass is 10.2. The highest BCUT2D eigenvalue weighted by Gasteiger charge is 1.97. The Kier molecular flexibility index (Phi) is 3.06. The van der Waals surface area contributed by atoms with E-state index in [1.807, 2.05) is 6.20 Å². The van der Waals surface area contributed by atoms with Gasteiger partial charge in [0.2, 0.25) is 0 Å². The number of hydrogen-bond acceptors (Lipinski definition) is 2. The monoisotopic (exact) mass is 265 g/mol. The second kappa shape index (κ2) is 4.49. The minimum absolute atomic E-state index is 0.760. The fraction of sp³-hybridized carbons (Fsp3) is 0.182. The lowest BCUT2D eigenvalue weighted by Crippen LogP contribution is -1.99. The summed E-state index contributed by atoms with van der Waals surface area (Å²) in [4.78, 5) is 7.02. The van der Waals surface area contributed by atoms with Crippen molar-refractivity contribution in [3.8, 4) is 0 Å². The van der Waals surface area contributed by atoms with Crippen LogP contribution in [0.25, 0.3) is 0 Å². The second-order valence-corrected chi connectivity index (χ2v) is 4.36. The largest absolute Gasteiger partial charge is 0.379 e. The predicted octanol–water partition coefficient (Wildman–Crippen LogP) is 3.09. The van der Waals surface area contributed by atoms with Crippen molar-refractivity contribution >= 4 is 21.6 Å². The maximum atomic E-state index is 3.96. The highest BCUT2D eigenvalue weighted by Crippen LogP contribution is 2.19. The SMILES string of the molecule is Cc1cc(Br)cc(NCc2cnc[nH]2)c1. The first kappa shape index (κ1) is 10.2. The lowest BCUT2D eigenvalue weighted by Gasteiger charge is -2.06. The summed E-state index contributed by atoms with van der Waals surface area (Å²) in [6.07, 6.45) is 3.50. The minimum atomic E-state index is 0.760. The van der Waals surface area contributed by atoms with Gasteiger partial charge in [0.15, 0.2) is 0 Å². The molecule has 2 rings (SSSR count). The van der Waals surface area contributed by atoms with Crippen LogP contribution in [0.1, 0.15) is 11.3 Å². The summed E-state index contributed by atoms with van der Waals surface area (Å²) in [5, 5.41) is 3.33. The number of nitrogens with zero attached hydrogens (tertiary/aromatic N) is 1. The van der Waals surface area contributed by atoms with Crippen LogP contribution in [0.3, 0.4) is 0 Å². The molecule has 0 atom stereocenters. The standard InChI is InChI=1S/C11H12BrN3/c1-8-2-9(12)4-10(3-8)14-6-11-5-13-7-15-11/h2-5,7,14H,6H2,1H3,(H,13,15). The van der Waals surface area contributed by atoms with Crippen LogP contribution < -0.4 is 5.32 Å². The molecule has 0 radical (unpaired) electrons.